The maximum absolute atomic E-state index is 12.9. The summed E-state index contributed by atoms with van der Waals surface area (Å²) in [6.07, 6.45) is 2.37. The summed E-state index contributed by atoms with van der Waals surface area (Å²) in [5.74, 6) is -1.66. The third-order valence-electron chi connectivity index (χ3n) is 5.55. The minimum atomic E-state index is -1.12. The van der Waals surface area contributed by atoms with Gasteiger partial charge >= 0.3 is 5.97 Å². The lowest BCUT2D eigenvalue weighted by molar-refractivity contribution is -0.734. The number of carbonyl (C=O) groups is 3. The average molecular weight is 379 g/mol. The fraction of sp³-hybridized carbons (Fsp3) is 0.500. The first-order valence-electron chi connectivity index (χ1n) is 8.41. The van der Waals surface area contributed by atoms with Gasteiger partial charge in [0.1, 0.15) is 23.6 Å². The Morgan fingerprint density at radius 2 is 1.96 bits per heavy atom. The van der Waals surface area contributed by atoms with E-state index in [1.54, 1.807) is 36.0 Å². The number of quaternary nitrogens is 1. The van der Waals surface area contributed by atoms with E-state index in [0.29, 0.717) is 12.2 Å². The highest BCUT2D eigenvalue weighted by Gasteiger charge is 2.71. The van der Waals surface area contributed by atoms with Crippen molar-refractivity contribution in [3.05, 3.63) is 29.8 Å². The van der Waals surface area contributed by atoms with Gasteiger partial charge in [0.15, 0.2) is 0 Å². The minimum absolute atomic E-state index is 0.121. The number of hydrogen-bond acceptors (Lipinski definition) is 6. The molecule has 2 aliphatic rings. The zero-order valence-corrected chi connectivity index (χ0v) is 15.8. The van der Waals surface area contributed by atoms with E-state index in [2.05, 4.69) is 0 Å². The van der Waals surface area contributed by atoms with Crippen molar-refractivity contribution in [2.45, 2.75) is 18.0 Å². The molecule has 0 aromatic heterocycles. The van der Waals surface area contributed by atoms with Crippen molar-refractivity contribution >= 4 is 29.5 Å². The van der Waals surface area contributed by atoms with Crippen molar-refractivity contribution in [2.75, 3.05) is 26.2 Å². The van der Waals surface area contributed by atoms with Gasteiger partial charge in [-0.2, -0.15) is 11.8 Å². The normalized spacial score (nSPS) is 30.6. The number of nitrogens with two attached hydrogens (primary N) is 1. The predicted molar refractivity (Wildman–Crippen MR) is 95.3 cm³/mol. The lowest BCUT2D eigenvalue weighted by atomic mass is 9.78. The number of imide groups is 1. The van der Waals surface area contributed by atoms with Crippen LogP contribution in [0.15, 0.2) is 24.3 Å². The van der Waals surface area contributed by atoms with Gasteiger partial charge in [-0.3, -0.25) is 14.5 Å². The lowest BCUT2D eigenvalue weighted by Crippen LogP contribution is -2.98. The van der Waals surface area contributed by atoms with Gasteiger partial charge in [0, 0.05) is 19.0 Å². The largest absolute Gasteiger partial charge is 0.508 e. The van der Waals surface area contributed by atoms with Crippen molar-refractivity contribution in [1.29, 1.82) is 0 Å². The van der Waals surface area contributed by atoms with Crippen LogP contribution in [0, 0.1) is 11.8 Å². The smallest absolute Gasteiger partial charge is 0.368 e. The molecule has 2 amide bonds. The van der Waals surface area contributed by atoms with Crippen LogP contribution in [0.5, 0.6) is 5.75 Å². The molecule has 1 aromatic carbocycles. The molecule has 0 bridgehead atoms. The Balaban J connectivity index is 2.11. The van der Waals surface area contributed by atoms with Crippen LogP contribution in [0.25, 0.3) is 0 Å². The van der Waals surface area contributed by atoms with Crippen LogP contribution in [0.1, 0.15) is 18.0 Å². The van der Waals surface area contributed by atoms with E-state index in [1.165, 1.54) is 14.2 Å². The number of phenolic OH excluding ortho intramolecular Hbond substituents is 1. The van der Waals surface area contributed by atoms with E-state index in [9.17, 15) is 19.5 Å². The van der Waals surface area contributed by atoms with Gasteiger partial charge < -0.3 is 15.2 Å². The van der Waals surface area contributed by atoms with Crippen molar-refractivity contribution < 1.29 is 29.5 Å². The first-order valence-corrected chi connectivity index (χ1v) is 9.80. The summed E-state index contributed by atoms with van der Waals surface area (Å²) >= 11 is 1.58. The molecular weight excluding hydrogens is 356 g/mol. The number of hydrogen-bond donors (Lipinski definition) is 2. The summed E-state index contributed by atoms with van der Waals surface area (Å²) in [4.78, 5) is 39.6. The van der Waals surface area contributed by atoms with Crippen molar-refractivity contribution in [1.82, 2.24) is 4.90 Å². The van der Waals surface area contributed by atoms with Crippen molar-refractivity contribution in [3.8, 4) is 5.75 Å². The van der Waals surface area contributed by atoms with Crippen LogP contribution in [-0.2, 0) is 19.1 Å². The molecule has 4 atom stereocenters. The Morgan fingerprint density at radius 3 is 2.54 bits per heavy atom. The summed E-state index contributed by atoms with van der Waals surface area (Å²) in [6, 6.07) is 6.16. The number of esters is 1. The Morgan fingerprint density at radius 1 is 1.31 bits per heavy atom. The van der Waals surface area contributed by atoms with E-state index in [-0.39, 0.29) is 23.6 Å². The summed E-state index contributed by atoms with van der Waals surface area (Å²) in [7, 11) is 2.78. The zero-order chi connectivity index (χ0) is 19.1. The number of aromatic hydroxyl groups is 1. The molecule has 2 fully saturated rings. The number of phenols is 1. The number of ether oxygens (including phenoxy) is 1. The van der Waals surface area contributed by atoms with Gasteiger partial charge in [-0.25, -0.2) is 4.79 Å². The minimum Gasteiger partial charge on any atom is -0.508 e. The Labute approximate surface area is 156 Å². The molecule has 7 nitrogen and oxygen atoms in total. The molecule has 26 heavy (non-hydrogen) atoms. The number of likely N-dealkylation sites (tertiary alicyclic amines) is 1. The first-order chi connectivity index (χ1) is 12.4. The molecule has 2 heterocycles. The molecule has 0 aliphatic carbocycles. The van der Waals surface area contributed by atoms with Gasteiger partial charge in [0.2, 0.25) is 17.4 Å². The third-order valence-corrected chi connectivity index (χ3v) is 6.17. The standard InChI is InChI=1S/C18H22N2O5S/c1-20-15(22)12-13(16(20)23)18(8-9-26-3,17(24)25-2)19-14(12)10-4-6-11(21)7-5-10/h4-7,12-14,19,21H,8-9H2,1-3H3/p+1/t12-,13+,14-,18-/m1/s1. The second kappa shape index (κ2) is 6.92. The van der Waals surface area contributed by atoms with Gasteiger partial charge in [-0.15, -0.1) is 0 Å². The molecule has 140 valence electrons. The lowest BCUT2D eigenvalue weighted by Gasteiger charge is -2.28. The Kier molecular flexibility index (Phi) is 4.98. The van der Waals surface area contributed by atoms with E-state index < -0.39 is 23.3 Å². The second-order valence-electron chi connectivity index (χ2n) is 6.80. The summed E-state index contributed by atoms with van der Waals surface area (Å²) in [6.45, 7) is 0. The summed E-state index contributed by atoms with van der Waals surface area (Å²) < 4.78 is 5.06. The molecule has 2 saturated heterocycles. The number of benzene rings is 1. The number of nitrogens with zero attached hydrogens (tertiary/aromatic N) is 1. The van der Waals surface area contributed by atoms with Crippen LogP contribution in [0.3, 0.4) is 0 Å². The van der Waals surface area contributed by atoms with Gasteiger partial charge in [0.05, 0.1) is 7.11 Å². The Hall–Kier alpha value is -2.06. The Bertz CT molecular complexity index is 738. The van der Waals surface area contributed by atoms with E-state index >= 15 is 0 Å². The molecule has 0 unspecified atom stereocenters. The number of rotatable bonds is 5. The molecular formula is C18H23N2O5S+. The van der Waals surface area contributed by atoms with Gasteiger partial charge in [-0.1, -0.05) is 0 Å². The molecule has 0 spiro atoms. The average Bonchev–Trinajstić information content (AvgIpc) is 3.10. The second-order valence-corrected chi connectivity index (χ2v) is 7.78. The highest BCUT2D eigenvalue weighted by atomic mass is 32.2. The fourth-order valence-electron chi connectivity index (χ4n) is 4.26. The molecule has 8 heteroatoms. The van der Waals surface area contributed by atoms with Crippen LogP contribution >= 0.6 is 11.8 Å². The number of carbonyl (C=O) groups excluding carboxylic acids is 3. The van der Waals surface area contributed by atoms with Crippen molar-refractivity contribution in [3.63, 3.8) is 0 Å². The van der Waals surface area contributed by atoms with Crippen LogP contribution in [-0.4, -0.2) is 59.5 Å². The first kappa shape index (κ1) is 18.7. The van der Waals surface area contributed by atoms with Gasteiger partial charge in [0.25, 0.3) is 0 Å². The molecule has 0 saturated carbocycles. The quantitative estimate of drug-likeness (QED) is 0.548. The number of thioether (sulfide) groups is 1. The molecule has 3 N–H and O–H groups in total. The third kappa shape index (κ3) is 2.68. The van der Waals surface area contributed by atoms with Crippen LogP contribution < -0.4 is 5.32 Å². The fourth-order valence-corrected chi connectivity index (χ4v) is 4.81. The molecule has 0 radical (unpaired) electrons. The number of amides is 2. The maximum atomic E-state index is 12.9. The molecule has 3 rings (SSSR count). The number of methoxy groups -OCH3 is 1. The monoisotopic (exact) mass is 379 g/mol. The maximum Gasteiger partial charge on any atom is 0.368 e. The van der Waals surface area contributed by atoms with E-state index in [0.717, 1.165) is 10.5 Å². The zero-order valence-electron chi connectivity index (χ0n) is 15.0. The topological polar surface area (TPSA) is 101 Å². The summed E-state index contributed by atoms with van der Waals surface area (Å²) in [5, 5.41) is 11.4. The van der Waals surface area contributed by atoms with Crippen molar-refractivity contribution in [2.24, 2.45) is 11.8 Å². The van der Waals surface area contributed by atoms with E-state index in [4.69, 9.17) is 4.74 Å². The molecule has 2 aliphatic heterocycles. The number of fused-ring (bicyclic) bond motifs is 1. The highest BCUT2D eigenvalue weighted by Crippen LogP contribution is 2.45. The predicted octanol–water partition coefficient (Wildman–Crippen LogP) is -0.0938. The SMILES string of the molecule is COC(=O)[C@]1(CCSC)[NH2+][C@H](c2ccc(O)cc2)[C@@H]2C(=O)N(C)C(=O)[C@H]21. The summed E-state index contributed by atoms with van der Waals surface area (Å²) in [5.41, 5.74) is -0.327. The van der Waals surface area contributed by atoms with Crippen LogP contribution in [0.4, 0.5) is 0 Å². The van der Waals surface area contributed by atoms with Crippen LogP contribution in [0.2, 0.25) is 0 Å². The van der Waals surface area contributed by atoms with E-state index in [1.807, 2.05) is 11.6 Å². The molecule has 1 aromatic rings. The van der Waals surface area contributed by atoms with Gasteiger partial charge in [-0.05, 0) is 36.3 Å². The highest BCUT2D eigenvalue weighted by molar-refractivity contribution is 7.98.